The smallest absolute Gasteiger partial charge is 0.249 e. The van der Waals surface area contributed by atoms with E-state index in [1.165, 1.54) is 111 Å². The quantitative estimate of drug-likeness (QED) is 0.163. The Bertz CT molecular complexity index is 2730. The lowest BCUT2D eigenvalue weighted by atomic mass is 9.34. The molecule has 302 valence electrons. The van der Waals surface area contributed by atoms with Gasteiger partial charge in [-0.15, -0.1) is 0 Å². The third-order valence-electron chi connectivity index (χ3n) is 16.3. The summed E-state index contributed by atoms with van der Waals surface area (Å²) >= 11 is 10.9. The van der Waals surface area contributed by atoms with Gasteiger partial charge >= 0.3 is 0 Å². The van der Waals surface area contributed by atoms with Gasteiger partial charge in [-0.3, -0.25) is 0 Å². The molecule has 0 saturated heterocycles. The maximum atomic E-state index is 7.13. The first-order chi connectivity index (χ1) is 29.0. The summed E-state index contributed by atoms with van der Waals surface area (Å²) < 4.78 is 0. The molecule has 4 atom stereocenters. The standard InChI is InChI=1S/C27H26BNS.C27H28ClNS/c1-17-9-6-12-20-25(17)30-22-14-8-13-21-23(22)28(20)19-11-7-10-18-24(19)29(21)27(3)16-5-4-15-26(18,27)2;1-19-11-4-7-15-23(19)30-24-16-10-14-22(25(24)28)29-21-13-6-5-12-20(21)26(2)17-8-9-18-27(26,29)3/h6-14H,4-5,15-16H2,1-3H3;4-7,10-16H,8-9,17-18H2,1-3H3. The van der Waals surface area contributed by atoms with Crippen molar-refractivity contribution in [1.29, 1.82) is 0 Å². The maximum absolute atomic E-state index is 7.13. The zero-order chi connectivity index (χ0) is 41.2. The summed E-state index contributed by atoms with van der Waals surface area (Å²) in [6, 6.07) is 45.1. The van der Waals surface area contributed by atoms with E-state index in [-0.39, 0.29) is 21.9 Å². The molecular formula is C54H54BClN2S2. The van der Waals surface area contributed by atoms with Gasteiger partial charge in [-0.25, -0.2) is 0 Å². The van der Waals surface area contributed by atoms with Crippen LogP contribution in [0, 0.1) is 13.8 Å². The third kappa shape index (κ3) is 5.24. The molecule has 2 saturated carbocycles. The molecule has 6 heteroatoms. The number of halogens is 1. The van der Waals surface area contributed by atoms with Crippen LogP contribution < -0.4 is 26.2 Å². The van der Waals surface area contributed by atoms with Gasteiger partial charge in [-0.1, -0.05) is 165 Å². The average Bonchev–Trinajstić information content (AvgIpc) is 3.60. The van der Waals surface area contributed by atoms with Crippen LogP contribution in [0.4, 0.5) is 22.7 Å². The molecule has 12 rings (SSSR count). The first kappa shape index (κ1) is 38.9. The Kier molecular flexibility index (Phi) is 9.07. The van der Waals surface area contributed by atoms with E-state index in [0.29, 0.717) is 6.71 Å². The first-order valence-corrected chi connectivity index (χ1v) is 24.3. The van der Waals surface area contributed by atoms with Crippen LogP contribution in [0.1, 0.15) is 101 Å². The van der Waals surface area contributed by atoms with Crippen LogP contribution >= 0.6 is 35.1 Å². The second-order valence-corrected chi connectivity index (χ2v) is 21.7. The van der Waals surface area contributed by atoms with Gasteiger partial charge in [-0.2, -0.15) is 0 Å². The van der Waals surface area contributed by atoms with E-state index in [2.05, 4.69) is 173 Å². The summed E-state index contributed by atoms with van der Waals surface area (Å²) in [5.41, 5.74) is 16.3. The summed E-state index contributed by atoms with van der Waals surface area (Å²) in [6.45, 7) is 14.8. The monoisotopic (exact) mass is 840 g/mol. The minimum absolute atomic E-state index is 0.0323. The van der Waals surface area contributed by atoms with Gasteiger partial charge < -0.3 is 9.80 Å². The van der Waals surface area contributed by atoms with Crippen molar-refractivity contribution in [2.24, 2.45) is 0 Å². The fourth-order valence-electron chi connectivity index (χ4n) is 12.7. The molecule has 0 spiro atoms. The van der Waals surface area contributed by atoms with Crippen LogP contribution in [0.15, 0.2) is 141 Å². The fourth-order valence-corrected chi connectivity index (χ4v) is 15.3. The van der Waals surface area contributed by atoms with Crippen LogP contribution in [0.3, 0.4) is 0 Å². The zero-order valence-electron chi connectivity index (χ0n) is 35.9. The van der Waals surface area contributed by atoms with Crippen molar-refractivity contribution in [2.45, 2.75) is 134 Å². The summed E-state index contributed by atoms with van der Waals surface area (Å²) in [5, 5.41) is 0.858. The van der Waals surface area contributed by atoms with E-state index in [1.807, 2.05) is 11.8 Å². The lowest BCUT2D eigenvalue weighted by Gasteiger charge is -2.52. The highest BCUT2D eigenvalue weighted by Gasteiger charge is 2.61. The number of benzene rings is 6. The van der Waals surface area contributed by atoms with Crippen LogP contribution in [-0.4, -0.2) is 17.8 Å². The van der Waals surface area contributed by atoms with E-state index in [4.69, 9.17) is 11.6 Å². The molecule has 60 heavy (non-hydrogen) atoms. The average molecular weight is 841 g/mol. The van der Waals surface area contributed by atoms with Crippen molar-refractivity contribution in [2.75, 3.05) is 9.80 Å². The maximum Gasteiger partial charge on any atom is 0.249 e. The predicted octanol–water partition coefficient (Wildman–Crippen LogP) is 13.6. The molecule has 0 N–H and O–H groups in total. The van der Waals surface area contributed by atoms with Gasteiger partial charge in [0.2, 0.25) is 6.71 Å². The molecule has 2 aliphatic carbocycles. The number of anilines is 4. The van der Waals surface area contributed by atoms with Crippen LogP contribution in [-0.2, 0) is 10.8 Å². The van der Waals surface area contributed by atoms with Gasteiger partial charge in [-0.05, 0) is 123 Å². The fraction of sp³-hybridized carbons (Fsp3) is 0.333. The number of fused-ring (bicyclic) bond motifs is 10. The highest BCUT2D eigenvalue weighted by atomic mass is 35.5. The van der Waals surface area contributed by atoms with Crippen molar-refractivity contribution in [3.05, 3.63) is 149 Å². The van der Waals surface area contributed by atoms with Crippen molar-refractivity contribution >= 4 is 81.0 Å². The van der Waals surface area contributed by atoms with Gasteiger partial charge in [0.1, 0.15) is 0 Å². The molecule has 4 unspecified atom stereocenters. The zero-order valence-corrected chi connectivity index (χ0v) is 38.3. The van der Waals surface area contributed by atoms with E-state index in [0.717, 1.165) is 15.6 Å². The van der Waals surface area contributed by atoms with Crippen LogP contribution in [0.25, 0.3) is 0 Å². The Morgan fingerprint density at radius 3 is 1.92 bits per heavy atom. The summed E-state index contributed by atoms with van der Waals surface area (Å²) in [6.07, 6.45) is 10.2. The number of hydrogen-bond acceptors (Lipinski definition) is 4. The van der Waals surface area contributed by atoms with Crippen molar-refractivity contribution in [1.82, 2.24) is 0 Å². The number of nitrogens with zero attached hydrogens (tertiary/aromatic N) is 2. The molecule has 2 nitrogen and oxygen atoms in total. The lowest BCUT2D eigenvalue weighted by molar-refractivity contribution is 0.195. The highest BCUT2D eigenvalue weighted by Crippen LogP contribution is 2.63. The van der Waals surface area contributed by atoms with Gasteiger partial charge in [0.05, 0.1) is 21.8 Å². The molecule has 0 amide bonds. The second kappa shape index (κ2) is 14.0. The van der Waals surface area contributed by atoms with Crippen molar-refractivity contribution < 1.29 is 0 Å². The summed E-state index contributed by atoms with van der Waals surface area (Å²) in [7, 11) is 0. The van der Waals surface area contributed by atoms with Gasteiger partial charge in [0.25, 0.3) is 0 Å². The van der Waals surface area contributed by atoms with E-state index in [9.17, 15) is 0 Å². The number of hydrogen-bond donors (Lipinski definition) is 0. The Morgan fingerprint density at radius 2 is 1.12 bits per heavy atom. The lowest BCUT2D eigenvalue weighted by Crippen LogP contribution is -2.63. The molecule has 0 bridgehead atoms. The molecule has 6 aromatic carbocycles. The second-order valence-electron chi connectivity index (χ2n) is 19.2. The SMILES string of the molecule is Cc1cccc2c1Sc1cccc3c1B2c1cccc2c1N3C1(C)CCCCC21C.Cc1ccccc1Sc1cccc(N2c3ccccc3C3(C)CCCCC23C)c1Cl. The van der Waals surface area contributed by atoms with Gasteiger partial charge in [0.15, 0.2) is 0 Å². The van der Waals surface area contributed by atoms with E-state index >= 15 is 0 Å². The molecule has 0 aromatic heterocycles. The van der Waals surface area contributed by atoms with Crippen molar-refractivity contribution in [3.63, 3.8) is 0 Å². The summed E-state index contributed by atoms with van der Waals surface area (Å²) in [4.78, 5) is 10.6. The Balaban J connectivity index is 0.000000136. The number of para-hydroxylation sites is 2. The topological polar surface area (TPSA) is 6.48 Å². The molecular weight excluding hydrogens is 787 g/mol. The first-order valence-electron chi connectivity index (χ1n) is 22.3. The Morgan fingerprint density at radius 1 is 0.550 bits per heavy atom. The molecule has 2 fully saturated rings. The van der Waals surface area contributed by atoms with Crippen LogP contribution in [0.2, 0.25) is 5.02 Å². The number of rotatable bonds is 3. The molecule has 4 aliphatic heterocycles. The third-order valence-corrected chi connectivity index (χ3v) is 19.4. The predicted molar refractivity (Wildman–Crippen MR) is 259 cm³/mol. The van der Waals surface area contributed by atoms with E-state index < -0.39 is 0 Å². The Labute approximate surface area is 371 Å². The molecule has 6 aliphatic rings. The minimum atomic E-state index is 0.0323. The van der Waals surface area contributed by atoms with Gasteiger partial charge in [0, 0.05) is 47.5 Å². The van der Waals surface area contributed by atoms with E-state index in [1.54, 1.807) is 22.8 Å². The Hall–Kier alpha value is -4.03. The minimum Gasteiger partial charge on any atom is -0.335 e. The number of aryl methyl sites for hydroxylation is 2. The normalized spacial score (nSPS) is 26.2. The van der Waals surface area contributed by atoms with Crippen molar-refractivity contribution in [3.8, 4) is 0 Å². The largest absolute Gasteiger partial charge is 0.335 e. The molecule has 0 radical (unpaired) electrons. The summed E-state index contributed by atoms with van der Waals surface area (Å²) in [5.74, 6) is 0. The molecule has 4 heterocycles. The molecule has 6 aromatic rings. The highest BCUT2D eigenvalue weighted by molar-refractivity contribution is 8.00. The van der Waals surface area contributed by atoms with Crippen LogP contribution in [0.5, 0.6) is 0 Å².